The third-order valence-electron chi connectivity index (χ3n) is 6.00. The van der Waals surface area contributed by atoms with E-state index >= 15 is 0 Å². The first kappa shape index (κ1) is 33.8. The van der Waals surface area contributed by atoms with Crippen LogP contribution in [0.5, 0.6) is 5.75 Å². The molecule has 4 heterocycles. The fraction of sp³-hybridized carbons (Fsp3) is 0.103. The highest BCUT2D eigenvalue weighted by molar-refractivity contribution is 6.30. The van der Waals surface area contributed by atoms with Gasteiger partial charge in [-0.05, 0) is 48.5 Å². The van der Waals surface area contributed by atoms with E-state index in [0.29, 0.717) is 10.6 Å². The Balaban J connectivity index is 0.000000190. The molecule has 0 fully saturated rings. The normalized spacial score (nSPS) is 12.0. The molecule has 2 aromatic carbocycles. The third-order valence-corrected chi connectivity index (χ3v) is 6.25. The first-order valence-electron chi connectivity index (χ1n) is 12.9. The van der Waals surface area contributed by atoms with Gasteiger partial charge in [0, 0.05) is 35.4 Å². The van der Waals surface area contributed by atoms with Crippen LogP contribution >= 0.6 is 11.6 Å². The summed E-state index contributed by atoms with van der Waals surface area (Å²) in [5.41, 5.74) is -2.37. The van der Waals surface area contributed by atoms with Gasteiger partial charge >= 0.3 is 18.7 Å². The minimum absolute atomic E-state index is 0.101. The fourth-order valence-electron chi connectivity index (χ4n) is 3.96. The van der Waals surface area contributed by atoms with E-state index in [0.717, 1.165) is 43.0 Å². The number of benzene rings is 2. The van der Waals surface area contributed by atoms with Crippen molar-refractivity contribution >= 4 is 11.6 Å². The van der Waals surface area contributed by atoms with Crippen LogP contribution in [0.4, 0.5) is 39.5 Å². The molecule has 0 saturated heterocycles. The van der Waals surface area contributed by atoms with Crippen molar-refractivity contribution in [3.05, 3.63) is 102 Å². The minimum Gasteiger partial charge on any atom is -0.416 e. The molecular formula is C29H14ClF9N6O3. The zero-order chi connectivity index (χ0) is 34.7. The Labute approximate surface area is 267 Å². The lowest BCUT2D eigenvalue weighted by atomic mass is 10.1. The number of para-hydroxylation sites is 1. The van der Waals surface area contributed by atoms with Crippen LogP contribution < -0.4 is 4.74 Å². The zero-order valence-corrected chi connectivity index (χ0v) is 24.0. The number of rotatable bonds is 5. The Kier molecular flexibility index (Phi) is 9.38. The summed E-state index contributed by atoms with van der Waals surface area (Å²) in [7, 11) is 0. The maximum absolute atomic E-state index is 13.1. The van der Waals surface area contributed by atoms with Gasteiger partial charge in [0.05, 0.1) is 27.8 Å². The van der Waals surface area contributed by atoms with E-state index in [-0.39, 0.29) is 22.9 Å². The van der Waals surface area contributed by atoms with Crippen LogP contribution in [-0.4, -0.2) is 36.7 Å². The minimum atomic E-state index is -4.97. The molecule has 0 N–H and O–H groups in total. The molecule has 0 aliphatic heterocycles. The quantitative estimate of drug-likeness (QED) is 0.162. The second kappa shape index (κ2) is 13.3. The van der Waals surface area contributed by atoms with Crippen LogP contribution in [0.2, 0.25) is 5.02 Å². The van der Waals surface area contributed by atoms with Crippen LogP contribution in [0, 0.1) is 0 Å². The first-order chi connectivity index (χ1) is 22.6. The molecule has 0 bridgehead atoms. The Morgan fingerprint density at radius 1 is 0.542 bits per heavy atom. The summed E-state index contributed by atoms with van der Waals surface area (Å²) in [4.78, 5) is 7.27. The van der Waals surface area contributed by atoms with Gasteiger partial charge in [-0.3, -0.25) is 9.97 Å². The molecule has 248 valence electrons. The van der Waals surface area contributed by atoms with Gasteiger partial charge in [0.15, 0.2) is 0 Å². The highest BCUT2D eigenvalue weighted by atomic mass is 35.5. The summed E-state index contributed by atoms with van der Waals surface area (Å²) >= 11 is 5.77. The number of alkyl halides is 9. The van der Waals surface area contributed by atoms with E-state index in [1.807, 2.05) is 0 Å². The monoisotopic (exact) mass is 700 g/mol. The molecule has 48 heavy (non-hydrogen) atoms. The van der Waals surface area contributed by atoms with Crippen LogP contribution in [-0.2, 0) is 12.4 Å². The predicted molar refractivity (Wildman–Crippen MR) is 148 cm³/mol. The Hall–Kier alpha value is -5.52. The molecule has 4 aromatic heterocycles. The van der Waals surface area contributed by atoms with Gasteiger partial charge in [-0.1, -0.05) is 23.7 Å². The lowest BCUT2D eigenvalue weighted by molar-refractivity contribution is -0.274. The average molecular weight is 701 g/mol. The highest BCUT2D eigenvalue weighted by Gasteiger charge is 2.37. The van der Waals surface area contributed by atoms with E-state index in [2.05, 4.69) is 35.1 Å². The molecule has 0 aliphatic rings. The summed E-state index contributed by atoms with van der Waals surface area (Å²) in [5.74, 6) is -1.74. The third kappa shape index (κ3) is 8.06. The van der Waals surface area contributed by atoms with E-state index in [1.165, 1.54) is 18.2 Å². The smallest absolute Gasteiger partial charge is 0.416 e. The Morgan fingerprint density at radius 3 is 1.50 bits per heavy atom. The Bertz CT molecular complexity index is 2010. The molecule has 0 saturated carbocycles. The second-order valence-electron chi connectivity index (χ2n) is 9.21. The summed E-state index contributed by atoms with van der Waals surface area (Å²) in [6, 6.07) is 13.0. The largest absolute Gasteiger partial charge is 0.573 e. The molecular weight excluding hydrogens is 687 g/mol. The number of nitrogens with zero attached hydrogens (tertiary/aromatic N) is 6. The van der Waals surface area contributed by atoms with Gasteiger partial charge in [0.2, 0.25) is 17.7 Å². The van der Waals surface area contributed by atoms with Crippen LogP contribution in [0.3, 0.4) is 0 Å². The number of hydrogen-bond acceptors (Lipinski definition) is 9. The van der Waals surface area contributed by atoms with Crippen molar-refractivity contribution in [2.45, 2.75) is 18.7 Å². The van der Waals surface area contributed by atoms with E-state index < -0.39 is 52.9 Å². The topological polar surface area (TPSA) is 113 Å². The zero-order valence-electron chi connectivity index (χ0n) is 23.3. The summed E-state index contributed by atoms with van der Waals surface area (Å²) < 4.78 is 130. The van der Waals surface area contributed by atoms with Crippen molar-refractivity contribution in [2.24, 2.45) is 0 Å². The van der Waals surface area contributed by atoms with Gasteiger partial charge in [-0.2, -0.15) is 26.3 Å². The molecule has 6 aromatic rings. The average Bonchev–Trinajstić information content (AvgIpc) is 3.72. The van der Waals surface area contributed by atoms with E-state index in [1.54, 1.807) is 24.3 Å². The van der Waals surface area contributed by atoms with Gasteiger partial charge in [-0.15, -0.1) is 33.6 Å². The number of pyridine rings is 2. The molecule has 9 nitrogen and oxygen atoms in total. The lowest BCUT2D eigenvalue weighted by Crippen LogP contribution is -2.17. The maximum atomic E-state index is 13.1. The number of aromatic nitrogens is 6. The molecule has 19 heteroatoms. The van der Waals surface area contributed by atoms with Crippen molar-refractivity contribution in [3.63, 3.8) is 0 Å². The maximum Gasteiger partial charge on any atom is 0.573 e. The van der Waals surface area contributed by atoms with E-state index in [9.17, 15) is 39.5 Å². The summed E-state index contributed by atoms with van der Waals surface area (Å²) in [5, 5.41) is 15.0. The summed E-state index contributed by atoms with van der Waals surface area (Å²) in [6.07, 6.45) is -10.3. The molecule has 0 spiro atoms. The first-order valence-corrected chi connectivity index (χ1v) is 13.3. The van der Waals surface area contributed by atoms with Crippen LogP contribution in [0.25, 0.3) is 45.8 Å². The molecule has 6 rings (SSSR count). The molecule has 0 radical (unpaired) electrons. The number of hydrogen-bond donors (Lipinski definition) is 0. The van der Waals surface area contributed by atoms with Crippen molar-refractivity contribution in [2.75, 3.05) is 0 Å². The predicted octanol–water partition coefficient (Wildman–Crippen LogP) is 9.19. The van der Waals surface area contributed by atoms with Crippen LogP contribution in [0.1, 0.15) is 11.1 Å². The standard InChI is InChI=1S/C15H7F6N3O2.C14H7ClF3N3O/c16-14(17,18)10-5-6-22-7-9(10)13-24-23-12(25-13)8-3-1-2-4-11(8)26-15(19,20)21;15-9-3-1-8(2-4-9)12-20-21-13(22-12)10-7-19-6-5-11(10)14(16,17)18/h1-7H;1-7H. The lowest BCUT2D eigenvalue weighted by Gasteiger charge is -2.11. The second-order valence-corrected chi connectivity index (χ2v) is 9.65. The highest BCUT2D eigenvalue weighted by Crippen LogP contribution is 2.39. The Morgan fingerprint density at radius 2 is 1.00 bits per heavy atom. The molecule has 0 amide bonds. The van der Waals surface area contributed by atoms with Gasteiger partial charge in [0.25, 0.3) is 5.89 Å². The van der Waals surface area contributed by atoms with Crippen molar-refractivity contribution < 1.29 is 53.1 Å². The molecule has 0 atom stereocenters. The molecule has 0 aliphatic carbocycles. The van der Waals surface area contributed by atoms with Gasteiger partial charge < -0.3 is 13.6 Å². The number of ether oxygens (including phenoxy) is 1. The SMILES string of the molecule is FC(F)(F)Oc1ccccc1-c1nnc(-c2cnccc2C(F)(F)F)o1.FC(F)(F)c1ccncc1-c1nnc(-c2ccc(Cl)cc2)o1. The van der Waals surface area contributed by atoms with Crippen molar-refractivity contribution in [3.8, 4) is 51.6 Å². The molecule has 0 unspecified atom stereocenters. The van der Waals surface area contributed by atoms with Gasteiger partial charge in [0.1, 0.15) is 5.75 Å². The number of halogens is 10. The van der Waals surface area contributed by atoms with Gasteiger partial charge in [-0.25, -0.2) is 0 Å². The van der Waals surface area contributed by atoms with Crippen molar-refractivity contribution in [1.82, 2.24) is 30.4 Å². The fourth-order valence-corrected chi connectivity index (χ4v) is 4.09. The van der Waals surface area contributed by atoms with Crippen molar-refractivity contribution in [1.29, 1.82) is 0 Å². The van der Waals surface area contributed by atoms with Crippen LogP contribution in [0.15, 0.2) is 94.3 Å². The summed E-state index contributed by atoms with van der Waals surface area (Å²) in [6.45, 7) is 0. The van der Waals surface area contributed by atoms with E-state index in [4.69, 9.17) is 20.4 Å².